The van der Waals surface area contributed by atoms with Crippen LogP contribution in [-0.4, -0.2) is 46.8 Å². The molecule has 1 atom stereocenters. The largest absolute Gasteiger partial charge is 0.442 e. The minimum atomic E-state index is -0.551. The predicted molar refractivity (Wildman–Crippen MR) is 104 cm³/mol. The molecule has 4 rings (SSSR count). The number of hydrogen-bond acceptors (Lipinski definition) is 7. The Balaban J connectivity index is 1.41. The van der Waals surface area contributed by atoms with Crippen molar-refractivity contribution in [1.82, 2.24) is 15.0 Å². The zero-order valence-corrected chi connectivity index (χ0v) is 16.2. The van der Waals surface area contributed by atoms with Gasteiger partial charge < -0.3 is 9.64 Å². The first-order valence-electron chi connectivity index (χ1n) is 9.77. The number of cyclic esters (lactones) is 1. The third-order valence-corrected chi connectivity index (χ3v) is 5.50. The summed E-state index contributed by atoms with van der Waals surface area (Å²) in [6.07, 6.45) is 2.72. The van der Waals surface area contributed by atoms with E-state index in [0.717, 1.165) is 12.8 Å². The molecule has 3 heterocycles. The summed E-state index contributed by atoms with van der Waals surface area (Å²) in [7, 11) is 0. The highest BCUT2D eigenvalue weighted by Gasteiger charge is 2.33. The minimum Gasteiger partial charge on any atom is -0.442 e. The summed E-state index contributed by atoms with van der Waals surface area (Å²) in [6, 6.07) is 8.85. The number of anilines is 2. The number of nitrogens with zero attached hydrogens (tertiary/aromatic N) is 7. The molecule has 154 valence electrons. The number of hydrogen-bond donors (Lipinski definition) is 0. The van der Waals surface area contributed by atoms with Crippen molar-refractivity contribution in [3.63, 3.8) is 0 Å². The fourth-order valence-electron chi connectivity index (χ4n) is 3.90. The summed E-state index contributed by atoms with van der Waals surface area (Å²) in [4.78, 5) is 15.6. The van der Waals surface area contributed by atoms with Crippen LogP contribution in [0.3, 0.4) is 0 Å². The molecule has 2 saturated heterocycles. The molecule has 10 heteroatoms. The SMILES string of the molecule is N#CCC1CCN(c2ccc(N3CC(Cn4cc(C#N)nn4)OC3=O)cc2F)CC1. The van der Waals surface area contributed by atoms with Crippen molar-refractivity contribution >= 4 is 17.5 Å². The van der Waals surface area contributed by atoms with Crippen LogP contribution in [0.1, 0.15) is 25.0 Å². The number of halogens is 1. The fourth-order valence-corrected chi connectivity index (χ4v) is 3.90. The molecule has 0 radical (unpaired) electrons. The van der Waals surface area contributed by atoms with Gasteiger partial charge in [0.2, 0.25) is 0 Å². The van der Waals surface area contributed by atoms with Crippen LogP contribution in [0, 0.1) is 34.4 Å². The van der Waals surface area contributed by atoms with E-state index in [1.54, 1.807) is 12.1 Å². The van der Waals surface area contributed by atoms with Crippen LogP contribution in [0.5, 0.6) is 0 Å². The number of piperidine rings is 1. The maximum Gasteiger partial charge on any atom is 0.414 e. The zero-order valence-electron chi connectivity index (χ0n) is 16.2. The summed E-state index contributed by atoms with van der Waals surface area (Å²) in [5.41, 5.74) is 1.12. The molecule has 1 aromatic carbocycles. The van der Waals surface area contributed by atoms with Gasteiger partial charge in [-0.3, -0.25) is 4.90 Å². The van der Waals surface area contributed by atoms with E-state index in [2.05, 4.69) is 16.4 Å². The van der Waals surface area contributed by atoms with Crippen LogP contribution in [-0.2, 0) is 11.3 Å². The van der Waals surface area contributed by atoms with Gasteiger partial charge in [0, 0.05) is 19.5 Å². The summed E-state index contributed by atoms with van der Waals surface area (Å²) in [6.45, 7) is 1.92. The average Bonchev–Trinajstić information content (AvgIpc) is 3.35. The highest BCUT2D eigenvalue weighted by atomic mass is 19.1. The number of rotatable bonds is 5. The molecule has 2 aromatic rings. The quantitative estimate of drug-likeness (QED) is 0.746. The van der Waals surface area contributed by atoms with Gasteiger partial charge >= 0.3 is 6.09 Å². The Morgan fingerprint density at radius 3 is 2.73 bits per heavy atom. The molecule has 1 unspecified atom stereocenters. The summed E-state index contributed by atoms with van der Waals surface area (Å²) < 4.78 is 21.6. The number of aromatic nitrogens is 3. The van der Waals surface area contributed by atoms with Crippen molar-refractivity contribution in [2.45, 2.75) is 31.9 Å². The third-order valence-electron chi connectivity index (χ3n) is 5.50. The van der Waals surface area contributed by atoms with Crippen LogP contribution in [0.25, 0.3) is 0 Å². The highest BCUT2D eigenvalue weighted by molar-refractivity contribution is 5.90. The Labute approximate surface area is 172 Å². The molecule has 1 aromatic heterocycles. The normalized spacial score (nSPS) is 19.4. The second kappa shape index (κ2) is 8.37. The third kappa shape index (κ3) is 4.03. The Hall–Kier alpha value is -3.66. The summed E-state index contributed by atoms with van der Waals surface area (Å²) in [5, 5.41) is 25.1. The second-order valence-electron chi connectivity index (χ2n) is 7.48. The lowest BCUT2D eigenvalue weighted by Crippen LogP contribution is -2.34. The first-order valence-corrected chi connectivity index (χ1v) is 9.77. The summed E-state index contributed by atoms with van der Waals surface area (Å²) in [5.74, 6) is -0.0171. The molecule has 2 aliphatic rings. The van der Waals surface area contributed by atoms with Gasteiger partial charge in [-0.05, 0) is 37.0 Å². The number of nitriles is 2. The molecule has 0 bridgehead atoms. The first-order chi connectivity index (χ1) is 14.6. The molecule has 0 aliphatic carbocycles. The predicted octanol–water partition coefficient (Wildman–Crippen LogP) is 2.44. The lowest BCUT2D eigenvalue weighted by atomic mass is 9.94. The average molecular weight is 409 g/mol. The van der Waals surface area contributed by atoms with Gasteiger partial charge in [0.1, 0.15) is 18.0 Å². The molecule has 9 nitrogen and oxygen atoms in total. The van der Waals surface area contributed by atoms with E-state index in [-0.39, 0.29) is 18.8 Å². The number of ether oxygens (including phenoxy) is 1. The van der Waals surface area contributed by atoms with Crippen LogP contribution in [0.2, 0.25) is 0 Å². The molecule has 2 aliphatic heterocycles. The highest BCUT2D eigenvalue weighted by Crippen LogP contribution is 2.31. The summed E-state index contributed by atoms with van der Waals surface area (Å²) >= 11 is 0. The monoisotopic (exact) mass is 409 g/mol. The van der Waals surface area contributed by atoms with Gasteiger partial charge in [-0.2, -0.15) is 10.5 Å². The van der Waals surface area contributed by atoms with E-state index in [1.165, 1.54) is 21.8 Å². The minimum absolute atomic E-state index is 0.186. The molecular formula is C20H20FN7O2. The van der Waals surface area contributed by atoms with Crippen molar-refractivity contribution in [3.8, 4) is 12.1 Å². The fraction of sp³-hybridized carbons (Fsp3) is 0.450. The lowest BCUT2D eigenvalue weighted by molar-refractivity contribution is 0.129. The maximum atomic E-state index is 14.8. The van der Waals surface area contributed by atoms with Gasteiger partial charge in [0.15, 0.2) is 5.69 Å². The number of amides is 1. The van der Waals surface area contributed by atoms with Gasteiger partial charge in [-0.25, -0.2) is 13.9 Å². The van der Waals surface area contributed by atoms with Crippen molar-refractivity contribution in [1.29, 1.82) is 10.5 Å². The zero-order chi connectivity index (χ0) is 21.1. The van der Waals surface area contributed by atoms with E-state index in [4.69, 9.17) is 15.3 Å². The molecular weight excluding hydrogens is 389 g/mol. The number of carbonyl (C=O) groups excluding carboxylic acids is 1. The second-order valence-corrected chi connectivity index (χ2v) is 7.48. The number of carbonyl (C=O) groups is 1. The molecule has 0 saturated carbocycles. The first kappa shape index (κ1) is 19.6. The Kier molecular flexibility index (Phi) is 5.48. The van der Waals surface area contributed by atoms with Gasteiger partial charge in [0.05, 0.1) is 36.7 Å². The number of benzene rings is 1. The maximum absolute atomic E-state index is 14.8. The molecule has 0 spiro atoms. The van der Waals surface area contributed by atoms with Crippen molar-refractivity contribution in [2.75, 3.05) is 29.4 Å². The molecule has 2 fully saturated rings. The van der Waals surface area contributed by atoms with Gasteiger partial charge in [0.25, 0.3) is 0 Å². The van der Waals surface area contributed by atoms with Crippen molar-refractivity contribution in [2.24, 2.45) is 5.92 Å². The molecule has 30 heavy (non-hydrogen) atoms. The van der Waals surface area contributed by atoms with E-state index in [0.29, 0.717) is 36.8 Å². The van der Waals surface area contributed by atoms with Crippen LogP contribution in [0.4, 0.5) is 20.6 Å². The van der Waals surface area contributed by atoms with Crippen molar-refractivity contribution in [3.05, 3.63) is 35.9 Å². The topological polar surface area (TPSA) is 111 Å². The Bertz CT molecular complexity index is 1020. The van der Waals surface area contributed by atoms with Crippen molar-refractivity contribution < 1.29 is 13.9 Å². The molecule has 0 N–H and O–H groups in total. The van der Waals surface area contributed by atoms with Gasteiger partial charge in [-0.1, -0.05) is 5.21 Å². The van der Waals surface area contributed by atoms with E-state index in [1.807, 2.05) is 11.0 Å². The molecule has 1 amide bonds. The standard InChI is InChI=1S/C20H20FN7O2/c21-18-9-16(1-2-19(18)26-7-4-14(3-6-22)5-8-26)28-13-17(30-20(28)29)12-27-11-15(10-23)24-25-27/h1-2,9,11,14,17H,3-5,7-8,12-13H2. The van der Waals surface area contributed by atoms with Crippen LogP contribution in [0.15, 0.2) is 24.4 Å². The smallest absolute Gasteiger partial charge is 0.414 e. The lowest BCUT2D eigenvalue weighted by Gasteiger charge is -2.33. The van der Waals surface area contributed by atoms with E-state index >= 15 is 0 Å². The van der Waals surface area contributed by atoms with E-state index < -0.39 is 18.0 Å². The van der Waals surface area contributed by atoms with E-state index in [9.17, 15) is 9.18 Å². The van der Waals surface area contributed by atoms with Crippen LogP contribution < -0.4 is 9.80 Å². The van der Waals surface area contributed by atoms with Crippen LogP contribution >= 0.6 is 0 Å². The van der Waals surface area contributed by atoms with Gasteiger partial charge in [-0.15, -0.1) is 5.10 Å². The Morgan fingerprint density at radius 2 is 2.07 bits per heavy atom. The Morgan fingerprint density at radius 1 is 1.27 bits per heavy atom.